The first kappa shape index (κ1) is 17.4. The van der Waals surface area contributed by atoms with Crippen molar-refractivity contribution in [1.82, 2.24) is 24.4 Å². The Kier molecular flexibility index (Phi) is 4.99. The lowest BCUT2D eigenvalue weighted by Crippen LogP contribution is -2.24. The van der Waals surface area contributed by atoms with Crippen molar-refractivity contribution in [2.45, 2.75) is 39.3 Å². The molecule has 0 amide bonds. The van der Waals surface area contributed by atoms with Gasteiger partial charge in [0.05, 0.1) is 6.04 Å². The van der Waals surface area contributed by atoms with Crippen molar-refractivity contribution in [1.29, 1.82) is 0 Å². The first-order chi connectivity index (χ1) is 12.0. The minimum Gasteiger partial charge on any atom is -0.465 e. The predicted octanol–water partition coefficient (Wildman–Crippen LogP) is 3.67. The molecule has 0 fully saturated rings. The SMILES string of the molecule is Cc1ccc([C@@H](Cn2ccnc2-c2ccnc(C(C)C)n2)N(C)C)o1. The first-order valence-corrected chi connectivity index (χ1v) is 8.53. The van der Waals surface area contributed by atoms with Crippen molar-refractivity contribution in [3.8, 4) is 11.5 Å². The number of aryl methyl sites for hydroxylation is 1. The van der Waals surface area contributed by atoms with E-state index in [0.717, 1.165) is 35.4 Å². The quantitative estimate of drug-likeness (QED) is 0.686. The van der Waals surface area contributed by atoms with Crippen LogP contribution >= 0.6 is 0 Å². The van der Waals surface area contributed by atoms with Crippen LogP contribution in [0.4, 0.5) is 0 Å². The second kappa shape index (κ2) is 7.19. The van der Waals surface area contributed by atoms with Gasteiger partial charge in [-0.3, -0.25) is 4.90 Å². The third-order valence-corrected chi connectivity index (χ3v) is 4.22. The summed E-state index contributed by atoms with van der Waals surface area (Å²) < 4.78 is 7.97. The van der Waals surface area contributed by atoms with Gasteiger partial charge in [0, 0.05) is 31.1 Å². The average molecular weight is 339 g/mol. The van der Waals surface area contributed by atoms with Crippen LogP contribution in [0, 0.1) is 6.92 Å². The molecule has 0 aliphatic rings. The number of likely N-dealkylation sites (N-methyl/N-ethyl adjacent to an activating group) is 1. The highest BCUT2D eigenvalue weighted by molar-refractivity contribution is 5.49. The molecule has 0 aliphatic heterocycles. The molecule has 0 saturated carbocycles. The lowest BCUT2D eigenvalue weighted by molar-refractivity contribution is 0.231. The summed E-state index contributed by atoms with van der Waals surface area (Å²) >= 11 is 0. The normalized spacial score (nSPS) is 12.9. The van der Waals surface area contributed by atoms with Crippen LogP contribution < -0.4 is 0 Å². The van der Waals surface area contributed by atoms with Gasteiger partial charge in [-0.25, -0.2) is 15.0 Å². The fourth-order valence-corrected chi connectivity index (χ4v) is 2.79. The van der Waals surface area contributed by atoms with E-state index in [4.69, 9.17) is 4.42 Å². The van der Waals surface area contributed by atoms with Gasteiger partial charge in [-0.2, -0.15) is 0 Å². The van der Waals surface area contributed by atoms with E-state index in [1.165, 1.54) is 0 Å². The van der Waals surface area contributed by atoms with E-state index in [2.05, 4.69) is 52.4 Å². The van der Waals surface area contributed by atoms with Crippen LogP contribution in [0.2, 0.25) is 0 Å². The number of hydrogen-bond donors (Lipinski definition) is 0. The van der Waals surface area contributed by atoms with Crippen molar-refractivity contribution >= 4 is 0 Å². The van der Waals surface area contributed by atoms with Crippen molar-refractivity contribution in [2.24, 2.45) is 0 Å². The van der Waals surface area contributed by atoms with Crippen molar-refractivity contribution in [2.75, 3.05) is 14.1 Å². The molecule has 3 heterocycles. The van der Waals surface area contributed by atoms with E-state index in [9.17, 15) is 0 Å². The van der Waals surface area contributed by atoms with Gasteiger partial charge in [0.2, 0.25) is 0 Å². The largest absolute Gasteiger partial charge is 0.465 e. The number of hydrogen-bond acceptors (Lipinski definition) is 5. The van der Waals surface area contributed by atoms with Crippen LogP contribution in [0.3, 0.4) is 0 Å². The van der Waals surface area contributed by atoms with E-state index < -0.39 is 0 Å². The monoisotopic (exact) mass is 339 g/mol. The van der Waals surface area contributed by atoms with E-state index in [1.54, 1.807) is 6.20 Å². The van der Waals surface area contributed by atoms with E-state index in [-0.39, 0.29) is 12.0 Å². The molecule has 3 rings (SSSR count). The van der Waals surface area contributed by atoms with Gasteiger partial charge in [0.1, 0.15) is 23.0 Å². The third-order valence-electron chi connectivity index (χ3n) is 4.22. The lowest BCUT2D eigenvalue weighted by Gasteiger charge is -2.23. The Labute approximate surface area is 148 Å². The molecule has 0 aromatic carbocycles. The maximum Gasteiger partial charge on any atom is 0.158 e. The van der Waals surface area contributed by atoms with Gasteiger partial charge in [-0.05, 0) is 39.2 Å². The maximum absolute atomic E-state index is 5.85. The smallest absolute Gasteiger partial charge is 0.158 e. The Morgan fingerprint density at radius 1 is 1.12 bits per heavy atom. The minimum absolute atomic E-state index is 0.119. The summed E-state index contributed by atoms with van der Waals surface area (Å²) in [7, 11) is 4.11. The third kappa shape index (κ3) is 3.79. The second-order valence-corrected chi connectivity index (χ2v) is 6.79. The standard InChI is InChI=1S/C19H25N5O/c1-13(2)18-20-9-8-15(22-18)19-21-10-11-24(19)12-16(23(4)5)17-7-6-14(3)25-17/h6-11,13,16H,12H2,1-5H3/t16-/m1/s1. The number of nitrogens with zero attached hydrogens (tertiary/aromatic N) is 5. The molecule has 3 aromatic heterocycles. The maximum atomic E-state index is 5.85. The highest BCUT2D eigenvalue weighted by Gasteiger charge is 2.20. The van der Waals surface area contributed by atoms with Crippen LogP contribution in [0.1, 0.15) is 43.2 Å². The number of furan rings is 1. The molecule has 132 valence electrons. The summed E-state index contributed by atoms with van der Waals surface area (Å²) in [5.74, 6) is 3.83. The molecule has 0 spiro atoms. The van der Waals surface area contributed by atoms with Gasteiger partial charge in [-0.15, -0.1) is 0 Å². The zero-order valence-electron chi connectivity index (χ0n) is 15.5. The van der Waals surface area contributed by atoms with Gasteiger partial charge in [-0.1, -0.05) is 13.8 Å². The Hall–Kier alpha value is -2.47. The number of rotatable bonds is 6. The number of aromatic nitrogens is 4. The fourth-order valence-electron chi connectivity index (χ4n) is 2.79. The van der Waals surface area contributed by atoms with Crippen molar-refractivity contribution in [3.05, 3.63) is 54.1 Å². The average Bonchev–Trinajstić information content (AvgIpc) is 3.21. The minimum atomic E-state index is 0.119. The van der Waals surface area contributed by atoms with Gasteiger partial charge < -0.3 is 8.98 Å². The van der Waals surface area contributed by atoms with Crippen LogP contribution in [0.25, 0.3) is 11.5 Å². The molecule has 25 heavy (non-hydrogen) atoms. The van der Waals surface area contributed by atoms with E-state index in [0.29, 0.717) is 0 Å². The first-order valence-electron chi connectivity index (χ1n) is 8.53. The Morgan fingerprint density at radius 2 is 1.92 bits per heavy atom. The molecule has 0 bridgehead atoms. The molecular weight excluding hydrogens is 314 g/mol. The zero-order chi connectivity index (χ0) is 18.0. The van der Waals surface area contributed by atoms with E-state index >= 15 is 0 Å². The molecule has 0 saturated heterocycles. The van der Waals surface area contributed by atoms with Crippen LogP contribution in [0.15, 0.2) is 41.2 Å². The van der Waals surface area contributed by atoms with Crippen LogP contribution in [0.5, 0.6) is 0 Å². The molecule has 0 aliphatic carbocycles. The fraction of sp³-hybridized carbons (Fsp3) is 0.421. The summed E-state index contributed by atoms with van der Waals surface area (Å²) in [5, 5.41) is 0. The Bertz CT molecular complexity index is 834. The molecule has 6 heteroatoms. The molecule has 0 unspecified atom stereocenters. The predicted molar refractivity (Wildman–Crippen MR) is 97.2 cm³/mol. The topological polar surface area (TPSA) is 60.0 Å². The summed E-state index contributed by atoms with van der Waals surface area (Å²) in [6.07, 6.45) is 5.60. The van der Waals surface area contributed by atoms with Gasteiger partial charge >= 0.3 is 0 Å². The van der Waals surface area contributed by atoms with Crippen molar-refractivity contribution < 1.29 is 4.42 Å². The summed E-state index contributed by atoms with van der Waals surface area (Å²) in [6, 6.07) is 6.07. The summed E-state index contributed by atoms with van der Waals surface area (Å²) in [6.45, 7) is 6.88. The van der Waals surface area contributed by atoms with Crippen molar-refractivity contribution in [3.63, 3.8) is 0 Å². The Balaban J connectivity index is 1.92. The highest BCUT2D eigenvalue weighted by atomic mass is 16.3. The molecule has 0 radical (unpaired) electrons. The molecular formula is C19H25N5O. The lowest BCUT2D eigenvalue weighted by atomic mass is 10.2. The second-order valence-electron chi connectivity index (χ2n) is 6.79. The summed E-state index contributed by atoms with van der Waals surface area (Å²) in [4.78, 5) is 15.7. The van der Waals surface area contributed by atoms with Gasteiger partial charge in [0.15, 0.2) is 5.82 Å². The highest BCUT2D eigenvalue weighted by Crippen LogP contribution is 2.25. The zero-order valence-corrected chi connectivity index (χ0v) is 15.5. The summed E-state index contributed by atoms with van der Waals surface area (Å²) in [5.41, 5.74) is 0.844. The number of imidazole rings is 1. The Morgan fingerprint density at radius 3 is 2.56 bits per heavy atom. The molecule has 0 N–H and O–H groups in total. The molecule has 3 aromatic rings. The van der Waals surface area contributed by atoms with E-state index in [1.807, 2.05) is 37.5 Å². The van der Waals surface area contributed by atoms with Gasteiger partial charge in [0.25, 0.3) is 0 Å². The molecule has 1 atom stereocenters. The van der Waals surface area contributed by atoms with Crippen LogP contribution in [-0.2, 0) is 6.54 Å². The van der Waals surface area contributed by atoms with Crippen LogP contribution in [-0.4, -0.2) is 38.5 Å². The molecule has 6 nitrogen and oxygen atoms in total.